The molecule has 0 bridgehead atoms. The molecule has 1 amide bonds. The second kappa shape index (κ2) is 9.78. The van der Waals surface area contributed by atoms with Gasteiger partial charge in [-0.25, -0.2) is 12.8 Å². The lowest BCUT2D eigenvalue weighted by atomic mass is 10.3. The average molecular weight is 507 g/mol. The molecule has 0 saturated carbocycles. The van der Waals surface area contributed by atoms with Crippen molar-refractivity contribution in [2.75, 3.05) is 36.5 Å². The van der Waals surface area contributed by atoms with Crippen molar-refractivity contribution in [3.8, 4) is 17.2 Å². The van der Waals surface area contributed by atoms with Gasteiger partial charge in [0.15, 0.2) is 11.5 Å². The van der Waals surface area contributed by atoms with Gasteiger partial charge in [-0.2, -0.15) is 0 Å². The Morgan fingerprint density at radius 3 is 2.59 bits per heavy atom. The topological polar surface area (TPSA) is 94.2 Å². The molecule has 1 aliphatic rings. The quantitative estimate of drug-likeness (QED) is 0.518. The van der Waals surface area contributed by atoms with E-state index >= 15 is 0 Å². The van der Waals surface area contributed by atoms with Crippen LogP contribution in [0.25, 0.3) is 0 Å². The minimum atomic E-state index is -4.30. The van der Waals surface area contributed by atoms with Gasteiger partial charge >= 0.3 is 0 Å². The van der Waals surface area contributed by atoms with Crippen molar-refractivity contribution in [2.24, 2.45) is 0 Å². The molecule has 178 valence electrons. The summed E-state index contributed by atoms with van der Waals surface area (Å²) in [5.41, 5.74) is 0.235. The highest BCUT2D eigenvalue weighted by Crippen LogP contribution is 2.34. The molecule has 0 fully saturated rings. The molecule has 34 heavy (non-hydrogen) atoms. The zero-order valence-electron chi connectivity index (χ0n) is 18.0. The standard InChI is InChI=1S/C23H20ClFN2O6S/c1-31-20-7-5-15(24)11-19(20)26-23(28)14-27(17-4-2-3-16(25)12-17)34(29,30)18-6-8-21-22(13-18)33-10-9-32-21/h2-8,11-13H,9-10,14H2,1H3,(H,26,28). The van der Waals surface area contributed by atoms with Crippen LogP contribution in [0.3, 0.4) is 0 Å². The second-order valence-electron chi connectivity index (χ2n) is 7.19. The second-order valence-corrected chi connectivity index (χ2v) is 9.49. The van der Waals surface area contributed by atoms with E-state index in [9.17, 15) is 17.6 Å². The highest BCUT2D eigenvalue weighted by Gasteiger charge is 2.29. The summed E-state index contributed by atoms with van der Waals surface area (Å²) in [6.07, 6.45) is 0. The first-order valence-corrected chi connectivity index (χ1v) is 11.9. The Morgan fingerprint density at radius 1 is 1.09 bits per heavy atom. The molecule has 3 aromatic rings. The summed E-state index contributed by atoms with van der Waals surface area (Å²) < 4.78 is 58.1. The third-order valence-corrected chi connectivity index (χ3v) is 6.93. The molecule has 0 radical (unpaired) electrons. The first-order valence-electron chi connectivity index (χ1n) is 10.1. The molecule has 11 heteroatoms. The summed E-state index contributed by atoms with van der Waals surface area (Å²) in [5, 5.41) is 2.95. The maximum Gasteiger partial charge on any atom is 0.264 e. The monoisotopic (exact) mass is 506 g/mol. The van der Waals surface area contributed by atoms with Crippen LogP contribution in [-0.4, -0.2) is 41.2 Å². The van der Waals surface area contributed by atoms with Crippen molar-refractivity contribution >= 4 is 38.9 Å². The molecule has 8 nitrogen and oxygen atoms in total. The van der Waals surface area contributed by atoms with Crippen LogP contribution in [0.15, 0.2) is 65.6 Å². The Hall–Kier alpha value is -3.50. The smallest absolute Gasteiger partial charge is 0.264 e. The Bertz CT molecular complexity index is 1330. The van der Waals surface area contributed by atoms with Gasteiger partial charge in [0.05, 0.1) is 23.4 Å². The molecule has 0 aliphatic carbocycles. The molecule has 0 aromatic heterocycles. The van der Waals surface area contributed by atoms with Crippen molar-refractivity contribution in [2.45, 2.75) is 4.90 Å². The van der Waals surface area contributed by atoms with Crippen LogP contribution in [0.5, 0.6) is 17.2 Å². The van der Waals surface area contributed by atoms with Gasteiger partial charge in [-0.05, 0) is 48.5 Å². The van der Waals surface area contributed by atoms with E-state index in [4.69, 9.17) is 25.8 Å². The highest BCUT2D eigenvalue weighted by atomic mass is 35.5. The van der Waals surface area contributed by atoms with E-state index in [1.165, 1.54) is 49.6 Å². The molecule has 1 heterocycles. The van der Waals surface area contributed by atoms with E-state index in [2.05, 4.69) is 5.32 Å². The zero-order chi connectivity index (χ0) is 24.3. The van der Waals surface area contributed by atoms with E-state index in [0.717, 1.165) is 10.4 Å². The predicted octanol–water partition coefficient (Wildman–Crippen LogP) is 4.09. The fourth-order valence-corrected chi connectivity index (χ4v) is 4.96. The number of fused-ring (bicyclic) bond motifs is 1. The number of methoxy groups -OCH3 is 1. The van der Waals surface area contributed by atoms with Crippen LogP contribution in [-0.2, 0) is 14.8 Å². The summed E-state index contributed by atoms with van der Waals surface area (Å²) in [6.45, 7) is -0.0223. The lowest BCUT2D eigenvalue weighted by Gasteiger charge is -2.25. The Morgan fingerprint density at radius 2 is 1.85 bits per heavy atom. The molecule has 4 rings (SSSR count). The Labute approximate surface area is 200 Å². The number of nitrogens with one attached hydrogen (secondary N) is 1. The fourth-order valence-electron chi connectivity index (χ4n) is 3.36. The van der Waals surface area contributed by atoms with Gasteiger partial charge in [0.2, 0.25) is 5.91 Å². The van der Waals surface area contributed by atoms with E-state index in [1.54, 1.807) is 12.1 Å². The molecule has 1 aliphatic heterocycles. The molecule has 0 atom stereocenters. The van der Waals surface area contributed by atoms with Crippen molar-refractivity contribution < 1.29 is 31.8 Å². The highest BCUT2D eigenvalue weighted by molar-refractivity contribution is 7.92. The molecule has 1 N–H and O–H groups in total. The zero-order valence-corrected chi connectivity index (χ0v) is 19.5. The van der Waals surface area contributed by atoms with E-state index in [0.29, 0.717) is 23.1 Å². The minimum absolute atomic E-state index is 0.0249. The number of carbonyl (C=O) groups is 1. The number of rotatable bonds is 7. The molecule has 0 spiro atoms. The third-order valence-electron chi connectivity index (χ3n) is 4.92. The Balaban J connectivity index is 1.69. The fraction of sp³-hybridized carbons (Fsp3) is 0.174. The number of amides is 1. The van der Waals surface area contributed by atoms with Gasteiger partial charge < -0.3 is 19.5 Å². The van der Waals surface area contributed by atoms with Crippen molar-refractivity contribution in [1.29, 1.82) is 0 Å². The number of halogens is 2. The van der Waals surface area contributed by atoms with Gasteiger partial charge in [0, 0.05) is 11.1 Å². The molecule has 0 saturated heterocycles. The summed E-state index contributed by atoms with van der Waals surface area (Å²) in [7, 11) is -2.88. The van der Waals surface area contributed by atoms with Crippen molar-refractivity contribution in [3.63, 3.8) is 0 Å². The van der Waals surface area contributed by atoms with E-state index < -0.39 is 28.3 Å². The normalized spacial score (nSPS) is 12.7. The van der Waals surface area contributed by atoms with Gasteiger partial charge in [0.1, 0.15) is 31.3 Å². The van der Waals surface area contributed by atoms with Crippen molar-refractivity contribution in [3.05, 3.63) is 71.5 Å². The maximum absolute atomic E-state index is 14.0. The van der Waals surface area contributed by atoms with Crippen LogP contribution < -0.4 is 23.8 Å². The predicted molar refractivity (Wildman–Crippen MR) is 125 cm³/mol. The lowest BCUT2D eigenvalue weighted by Crippen LogP contribution is -2.38. The number of nitrogens with zero attached hydrogens (tertiary/aromatic N) is 1. The third kappa shape index (κ3) is 5.02. The number of benzene rings is 3. The largest absolute Gasteiger partial charge is 0.495 e. The van der Waals surface area contributed by atoms with Gasteiger partial charge in [-0.1, -0.05) is 17.7 Å². The van der Waals surface area contributed by atoms with Crippen LogP contribution in [0.2, 0.25) is 5.02 Å². The van der Waals surface area contributed by atoms with Crippen LogP contribution >= 0.6 is 11.6 Å². The summed E-state index contributed by atoms with van der Waals surface area (Å²) in [6, 6.07) is 13.7. The minimum Gasteiger partial charge on any atom is -0.495 e. The average Bonchev–Trinajstić information content (AvgIpc) is 2.82. The van der Waals surface area contributed by atoms with Crippen LogP contribution in [0.4, 0.5) is 15.8 Å². The number of carbonyl (C=O) groups excluding carboxylic acids is 1. The van der Waals surface area contributed by atoms with Crippen molar-refractivity contribution in [1.82, 2.24) is 0 Å². The first-order chi connectivity index (χ1) is 16.3. The molecule has 0 unspecified atom stereocenters. The van der Waals surface area contributed by atoms with E-state index in [1.807, 2.05) is 0 Å². The molecule has 3 aromatic carbocycles. The summed E-state index contributed by atoms with van der Waals surface area (Å²) in [4.78, 5) is 12.8. The van der Waals surface area contributed by atoms with Crippen LogP contribution in [0.1, 0.15) is 0 Å². The maximum atomic E-state index is 14.0. The van der Waals surface area contributed by atoms with Crippen LogP contribution in [0, 0.1) is 5.82 Å². The number of sulfonamides is 1. The number of anilines is 2. The number of hydrogen-bond acceptors (Lipinski definition) is 6. The summed E-state index contributed by atoms with van der Waals surface area (Å²) in [5.74, 6) is -0.333. The molecular weight excluding hydrogens is 487 g/mol. The van der Waals surface area contributed by atoms with E-state index in [-0.39, 0.29) is 28.6 Å². The first kappa shape index (κ1) is 23.7. The molecular formula is C23H20ClFN2O6S. The lowest BCUT2D eigenvalue weighted by molar-refractivity contribution is -0.114. The summed E-state index contributed by atoms with van der Waals surface area (Å²) >= 11 is 6.01. The Kier molecular flexibility index (Phi) is 6.80. The van der Waals surface area contributed by atoms with Gasteiger partial charge in [0.25, 0.3) is 10.0 Å². The number of hydrogen-bond donors (Lipinski definition) is 1. The number of ether oxygens (including phenoxy) is 3. The SMILES string of the molecule is COc1ccc(Cl)cc1NC(=O)CN(c1cccc(F)c1)S(=O)(=O)c1ccc2c(c1)OCCO2. The van der Waals surface area contributed by atoms with Gasteiger partial charge in [-0.3, -0.25) is 9.10 Å². The van der Waals surface area contributed by atoms with Gasteiger partial charge in [-0.15, -0.1) is 0 Å².